The van der Waals surface area contributed by atoms with Crippen molar-refractivity contribution in [1.29, 1.82) is 0 Å². The lowest BCUT2D eigenvalue weighted by molar-refractivity contribution is -0.144. The van der Waals surface area contributed by atoms with Gasteiger partial charge in [0, 0.05) is 19.2 Å². The Labute approximate surface area is 104 Å². The van der Waals surface area contributed by atoms with Gasteiger partial charge in [-0.15, -0.1) is 0 Å². The Morgan fingerprint density at radius 2 is 1.78 bits per heavy atom. The molecule has 0 fully saturated rings. The Bertz CT molecular complexity index is 417. The summed E-state index contributed by atoms with van der Waals surface area (Å²) in [4.78, 5) is 8.39. The molecule has 0 radical (unpaired) electrons. The molecule has 0 bridgehead atoms. The molecule has 1 atom stereocenters. The molecule has 0 spiro atoms. The molecule has 18 heavy (non-hydrogen) atoms. The van der Waals surface area contributed by atoms with Crippen molar-refractivity contribution in [3.05, 3.63) is 11.9 Å². The van der Waals surface area contributed by atoms with Gasteiger partial charge in [-0.1, -0.05) is 13.8 Å². The topological polar surface area (TPSA) is 55.0 Å². The third kappa shape index (κ3) is 3.24. The molecule has 1 rings (SSSR count). The fourth-order valence-electron chi connectivity index (χ4n) is 1.42. The molecule has 0 saturated heterocycles. The standard InChI is InChI=1S/C11H17F3N4/c1-6(2)7(3)18(4)9-5-8(15)16-10(17-9)11(12,13)14/h5-7H,1-4H3,(H2,15,16,17). The molecule has 1 aromatic rings. The zero-order chi connectivity index (χ0) is 14.1. The molecule has 1 unspecified atom stereocenters. The fraction of sp³-hybridized carbons (Fsp3) is 0.636. The number of hydrogen-bond acceptors (Lipinski definition) is 4. The zero-order valence-electron chi connectivity index (χ0n) is 10.8. The van der Waals surface area contributed by atoms with Gasteiger partial charge in [-0.25, -0.2) is 9.97 Å². The van der Waals surface area contributed by atoms with Crippen molar-refractivity contribution in [3.63, 3.8) is 0 Å². The number of nitrogens with two attached hydrogens (primary N) is 1. The summed E-state index contributed by atoms with van der Waals surface area (Å²) in [7, 11) is 1.69. The zero-order valence-corrected chi connectivity index (χ0v) is 10.8. The molecule has 0 aliphatic rings. The van der Waals surface area contributed by atoms with Gasteiger partial charge >= 0.3 is 6.18 Å². The van der Waals surface area contributed by atoms with E-state index >= 15 is 0 Å². The minimum atomic E-state index is -4.59. The molecule has 0 aliphatic heterocycles. The minimum Gasteiger partial charge on any atom is -0.384 e. The van der Waals surface area contributed by atoms with Gasteiger partial charge in [0.25, 0.3) is 0 Å². The molecule has 2 N–H and O–H groups in total. The molecule has 0 saturated carbocycles. The van der Waals surface area contributed by atoms with Crippen LogP contribution in [0.1, 0.15) is 26.6 Å². The van der Waals surface area contributed by atoms with Crippen molar-refractivity contribution in [2.24, 2.45) is 5.92 Å². The van der Waals surface area contributed by atoms with Crippen molar-refractivity contribution in [2.75, 3.05) is 17.7 Å². The molecule has 0 aromatic carbocycles. The van der Waals surface area contributed by atoms with Crippen LogP contribution in [0, 0.1) is 5.92 Å². The summed E-state index contributed by atoms with van der Waals surface area (Å²) in [5.74, 6) is -0.938. The van der Waals surface area contributed by atoms with Crippen LogP contribution in [0.15, 0.2) is 6.07 Å². The summed E-state index contributed by atoms with van der Waals surface area (Å²) in [6, 6.07) is 1.38. The van der Waals surface area contributed by atoms with Crippen LogP contribution in [-0.4, -0.2) is 23.1 Å². The number of halogens is 3. The normalized spacial score (nSPS) is 13.8. The molecule has 0 aliphatic carbocycles. The van der Waals surface area contributed by atoms with Gasteiger partial charge in [0.2, 0.25) is 5.82 Å². The van der Waals surface area contributed by atoms with Crippen LogP contribution in [0.4, 0.5) is 24.8 Å². The number of nitrogens with zero attached hydrogens (tertiary/aromatic N) is 3. The lowest BCUT2D eigenvalue weighted by Crippen LogP contribution is -2.34. The van der Waals surface area contributed by atoms with E-state index in [9.17, 15) is 13.2 Å². The summed E-state index contributed by atoms with van der Waals surface area (Å²) in [6.07, 6.45) is -4.59. The van der Waals surface area contributed by atoms with E-state index < -0.39 is 12.0 Å². The Morgan fingerprint density at radius 3 is 2.22 bits per heavy atom. The predicted molar refractivity (Wildman–Crippen MR) is 64.1 cm³/mol. The van der Waals surface area contributed by atoms with Crippen molar-refractivity contribution in [3.8, 4) is 0 Å². The van der Waals surface area contributed by atoms with Crippen LogP contribution in [0.25, 0.3) is 0 Å². The quantitative estimate of drug-likeness (QED) is 0.909. The number of nitrogen functional groups attached to an aromatic ring is 1. The molecule has 1 aromatic heterocycles. The first-order valence-electron chi connectivity index (χ1n) is 5.57. The monoisotopic (exact) mass is 262 g/mol. The Hall–Kier alpha value is -1.53. The van der Waals surface area contributed by atoms with Crippen molar-refractivity contribution in [2.45, 2.75) is 33.0 Å². The van der Waals surface area contributed by atoms with Gasteiger partial charge in [0.15, 0.2) is 0 Å². The van der Waals surface area contributed by atoms with Crippen LogP contribution in [0.2, 0.25) is 0 Å². The van der Waals surface area contributed by atoms with Crippen molar-refractivity contribution in [1.82, 2.24) is 9.97 Å². The summed E-state index contributed by atoms with van der Waals surface area (Å²) in [5.41, 5.74) is 5.39. The molecule has 0 amide bonds. The second kappa shape index (κ2) is 4.99. The highest BCUT2D eigenvalue weighted by Gasteiger charge is 2.35. The third-order valence-corrected chi connectivity index (χ3v) is 2.92. The fourth-order valence-corrected chi connectivity index (χ4v) is 1.42. The molecule has 4 nitrogen and oxygen atoms in total. The summed E-state index contributed by atoms with van der Waals surface area (Å²) < 4.78 is 37.7. The van der Waals surface area contributed by atoms with E-state index in [1.807, 2.05) is 20.8 Å². The number of rotatable bonds is 3. The highest BCUT2D eigenvalue weighted by atomic mass is 19.4. The lowest BCUT2D eigenvalue weighted by Gasteiger charge is -2.29. The highest BCUT2D eigenvalue weighted by Crippen LogP contribution is 2.29. The summed E-state index contributed by atoms with van der Waals surface area (Å²) >= 11 is 0. The molecular weight excluding hydrogens is 245 g/mol. The van der Waals surface area contributed by atoms with Gasteiger partial charge in [0.05, 0.1) is 0 Å². The van der Waals surface area contributed by atoms with Gasteiger partial charge < -0.3 is 10.6 Å². The first-order chi connectivity index (χ1) is 8.12. The maximum Gasteiger partial charge on any atom is 0.451 e. The van der Waals surface area contributed by atoms with Crippen LogP contribution >= 0.6 is 0 Å². The molecular formula is C11H17F3N4. The lowest BCUT2D eigenvalue weighted by atomic mass is 10.1. The van der Waals surface area contributed by atoms with Crippen molar-refractivity contribution >= 4 is 11.6 Å². The van der Waals surface area contributed by atoms with E-state index in [-0.39, 0.29) is 23.6 Å². The van der Waals surface area contributed by atoms with Gasteiger partial charge in [-0.2, -0.15) is 13.2 Å². The van der Waals surface area contributed by atoms with Crippen LogP contribution < -0.4 is 10.6 Å². The third-order valence-electron chi connectivity index (χ3n) is 2.92. The second-order valence-electron chi connectivity index (χ2n) is 4.57. The average molecular weight is 262 g/mol. The first-order valence-corrected chi connectivity index (χ1v) is 5.57. The molecule has 102 valence electrons. The Kier molecular flexibility index (Phi) is 4.03. The van der Waals surface area contributed by atoms with E-state index in [4.69, 9.17) is 5.73 Å². The second-order valence-corrected chi connectivity index (χ2v) is 4.57. The maximum atomic E-state index is 12.6. The smallest absolute Gasteiger partial charge is 0.384 e. The van der Waals surface area contributed by atoms with E-state index in [0.717, 1.165) is 0 Å². The van der Waals surface area contributed by atoms with E-state index in [1.54, 1.807) is 11.9 Å². The van der Waals surface area contributed by atoms with Crippen LogP contribution in [0.5, 0.6) is 0 Å². The number of aromatic nitrogens is 2. The van der Waals surface area contributed by atoms with Gasteiger partial charge in [0.1, 0.15) is 11.6 Å². The average Bonchev–Trinajstić information content (AvgIpc) is 2.24. The summed E-state index contributed by atoms with van der Waals surface area (Å²) in [5, 5.41) is 0. The largest absolute Gasteiger partial charge is 0.451 e. The minimum absolute atomic E-state index is 0.0420. The SMILES string of the molecule is CC(C)C(C)N(C)c1cc(N)nc(C(F)(F)F)n1. The molecule has 1 heterocycles. The Balaban J connectivity index is 3.14. The highest BCUT2D eigenvalue weighted by molar-refractivity contribution is 5.47. The van der Waals surface area contributed by atoms with E-state index in [1.165, 1.54) is 6.07 Å². The van der Waals surface area contributed by atoms with E-state index in [2.05, 4.69) is 9.97 Å². The van der Waals surface area contributed by atoms with E-state index in [0.29, 0.717) is 0 Å². The number of anilines is 2. The first kappa shape index (κ1) is 14.5. The summed E-state index contributed by atoms with van der Waals surface area (Å²) in [6.45, 7) is 5.88. The Morgan fingerprint density at radius 1 is 1.22 bits per heavy atom. The predicted octanol–water partition coefficient (Wildman–Crippen LogP) is 2.56. The maximum absolute atomic E-state index is 12.6. The van der Waals surface area contributed by atoms with Crippen molar-refractivity contribution < 1.29 is 13.2 Å². The van der Waals surface area contributed by atoms with Crippen LogP contribution in [-0.2, 0) is 6.18 Å². The van der Waals surface area contributed by atoms with Gasteiger partial charge in [-0.05, 0) is 12.8 Å². The number of hydrogen-bond donors (Lipinski definition) is 1. The molecule has 7 heteroatoms. The van der Waals surface area contributed by atoms with Gasteiger partial charge in [-0.3, -0.25) is 0 Å². The van der Waals surface area contributed by atoms with Crippen LogP contribution in [0.3, 0.4) is 0 Å². The number of alkyl halides is 3.